The number of tetrazole rings is 1. The molecule has 1 N–H and O–H groups in total. The van der Waals surface area contributed by atoms with Crippen molar-refractivity contribution < 1.29 is 4.74 Å². The lowest BCUT2D eigenvalue weighted by molar-refractivity contribution is 0.0326. The van der Waals surface area contributed by atoms with Gasteiger partial charge >= 0.3 is 0 Å². The SMILES string of the molecule is Cc1cc(C)c2[nH]c(=O)c([C@@H](c3nnnn3C[C@@H]3CCCO3)N3CCCC4(CCCCC4)C3)cc2c1. The molecular formula is C28H38N6O2. The highest BCUT2D eigenvalue weighted by Gasteiger charge is 2.41. The number of rotatable bonds is 5. The van der Waals surface area contributed by atoms with Crippen LogP contribution in [0.1, 0.15) is 86.3 Å². The quantitative estimate of drug-likeness (QED) is 0.569. The van der Waals surface area contributed by atoms with Crippen molar-refractivity contribution in [1.29, 1.82) is 0 Å². The van der Waals surface area contributed by atoms with Gasteiger partial charge in [0.2, 0.25) is 0 Å². The number of H-pyrrole nitrogens is 1. The van der Waals surface area contributed by atoms with Crippen LogP contribution in [0.2, 0.25) is 0 Å². The molecule has 0 bridgehead atoms. The van der Waals surface area contributed by atoms with E-state index in [0.29, 0.717) is 12.0 Å². The molecule has 2 atom stereocenters. The molecule has 2 saturated heterocycles. The van der Waals surface area contributed by atoms with Gasteiger partial charge in [0, 0.05) is 18.7 Å². The van der Waals surface area contributed by atoms with Gasteiger partial charge in [-0.3, -0.25) is 9.69 Å². The molecule has 3 fully saturated rings. The first kappa shape index (κ1) is 23.8. The number of nitrogens with one attached hydrogen (secondary N) is 1. The number of benzene rings is 1. The lowest BCUT2D eigenvalue weighted by Gasteiger charge is -2.47. The summed E-state index contributed by atoms with van der Waals surface area (Å²) in [5, 5.41) is 14.1. The fourth-order valence-electron chi connectivity index (χ4n) is 7.10. The monoisotopic (exact) mass is 490 g/mol. The van der Waals surface area contributed by atoms with Gasteiger partial charge in [-0.05, 0) is 97.8 Å². The summed E-state index contributed by atoms with van der Waals surface area (Å²) in [5.74, 6) is 0.757. The Labute approximate surface area is 212 Å². The maximum absolute atomic E-state index is 13.7. The van der Waals surface area contributed by atoms with Gasteiger partial charge in [0.05, 0.1) is 18.2 Å². The number of hydrogen-bond acceptors (Lipinski definition) is 6. The van der Waals surface area contributed by atoms with Crippen molar-refractivity contribution in [2.45, 2.75) is 90.3 Å². The van der Waals surface area contributed by atoms with Gasteiger partial charge in [-0.25, -0.2) is 4.68 Å². The average molecular weight is 491 g/mol. The second kappa shape index (κ2) is 9.71. The lowest BCUT2D eigenvalue weighted by atomic mass is 9.69. The Morgan fingerprint density at radius 1 is 1.11 bits per heavy atom. The third-order valence-electron chi connectivity index (χ3n) is 8.79. The number of ether oxygens (including phenoxy) is 1. The fraction of sp³-hybridized carbons (Fsp3) is 0.643. The van der Waals surface area contributed by atoms with Crippen LogP contribution < -0.4 is 5.56 Å². The molecule has 6 rings (SSSR count). The number of fused-ring (bicyclic) bond motifs is 1. The van der Waals surface area contributed by atoms with E-state index >= 15 is 0 Å². The van der Waals surface area contributed by atoms with Crippen LogP contribution in [-0.2, 0) is 11.3 Å². The molecule has 3 aromatic rings. The first-order valence-corrected chi connectivity index (χ1v) is 13.8. The van der Waals surface area contributed by atoms with E-state index in [9.17, 15) is 4.79 Å². The van der Waals surface area contributed by atoms with Crippen molar-refractivity contribution in [2.75, 3.05) is 19.7 Å². The van der Waals surface area contributed by atoms with Crippen LogP contribution in [-0.4, -0.2) is 55.9 Å². The second-order valence-electron chi connectivity index (χ2n) is 11.5. The number of piperidine rings is 1. The van der Waals surface area contributed by atoms with Crippen molar-refractivity contribution in [1.82, 2.24) is 30.1 Å². The van der Waals surface area contributed by atoms with Gasteiger partial charge in [-0.2, -0.15) is 0 Å². The lowest BCUT2D eigenvalue weighted by Crippen LogP contribution is -2.47. The third kappa shape index (κ3) is 4.50. The Balaban J connectivity index is 1.45. The van der Waals surface area contributed by atoms with Gasteiger partial charge in [-0.1, -0.05) is 30.9 Å². The first-order chi connectivity index (χ1) is 17.5. The fourth-order valence-corrected chi connectivity index (χ4v) is 7.10. The zero-order valence-electron chi connectivity index (χ0n) is 21.6. The highest BCUT2D eigenvalue weighted by atomic mass is 16.5. The molecule has 8 heteroatoms. The van der Waals surface area contributed by atoms with Gasteiger partial charge < -0.3 is 9.72 Å². The van der Waals surface area contributed by atoms with E-state index in [-0.39, 0.29) is 17.7 Å². The average Bonchev–Trinajstić information content (AvgIpc) is 3.54. The molecule has 36 heavy (non-hydrogen) atoms. The number of likely N-dealkylation sites (tertiary alicyclic amines) is 1. The van der Waals surface area contributed by atoms with E-state index in [4.69, 9.17) is 4.74 Å². The molecule has 2 aliphatic heterocycles. The summed E-state index contributed by atoms with van der Waals surface area (Å²) in [6.07, 6.45) is 11.2. The van der Waals surface area contributed by atoms with Crippen molar-refractivity contribution >= 4 is 10.9 Å². The number of aromatic amines is 1. The van der Waals surface area contributed by atoms with Gasteiger partial charge in [0.25, 0.3) is 5.56 Å². The Morgan fingerprint density at radius 3 is 2.75 bits per heavy atom. The normalized spacial score (nSPS) is 23.4. The molecule has 1 aliphatic carbocycles. The van der Waals surface area contributed by atoms with E-state index in [2.05, 4.69) is 57.5 Å². The minimum atomic E-state index is -0.283. The van der Waals surface area contributed by atoms with E-state index in [1.165, 1.54) is 44.1 Å². The van der Waals surface area contributed by atoms with Gasteiger partial charge in [0.1, 0.15) is 6.04 Å². The first-order valence-electron chi connectivity index (χ1n) is 13.8. The maximum atomic E-state index is 13.7. The minimum absolute atomic E-state index is 0.0469. The molecular weight excluding hydrogens is 452 g/mol. The number of nitrogens with zero attached hydrogens (tertiary/aromatic N) is 5. The third-order valence-corrected chi connectivity index (χ3v) is 8.79. The standard InChI is InChI=1S/C28H38N6O2/c1-19-14-20(2)24-21(15-19)16-23(27(35)29-24)25(26-30-31-32-34(26)17-22-8-6-13-36-22)33-12-7-11-28(18-33)9-4-3-5-10-28/h14-16,22,25H,3-13,17-18H2,1-2H3,(H,29,35)/t22-,25-/m0/s1. The van der Waals surface area contributed by atoms with Crippen LogP contribution in [0, 0.1) is 19.3 Å². The van der Waals surface area contributed by atoms with E-state index < -0.39 is 0 Å². The second-order valence-corrected chi connectivity index (χ2v) is 11.5. The highest BCUT2D eigenvalue weighted by molar-refractivity contribution is 5.83. The molecule has 0 amide bonds. The molecule has 192 valence electrons. The van der Waals surface area contributed by atoms with Gasteiger partial charge in [0.15, 0.2) is 5.82 Å². The largest absolute Gasteiger partial charge is 0.376 e. The summed E-state index contributed by atoms with van der Waals surface area (Å²) >= 11 is 0. The summed E-state index contributed by atoms with van der Waals surface area (Å²) < 4.78 is 7.81. The Kier molecular flexibility index (Phi) is 6.42. The van der Waals surface area contributed by atoms with Gasteiger partial charge in [-0.15, -0.1) is 5.10 Å². The number of aryl methyl sites for hydroxylation is 2. The van der Waals surface area contributed by atoms with E-state index in [1.54, 1.807) is 0 Å². The molecule has 8 nitrogen and oxygen atoms in total. The van der Waals surface area contributed by atoms with Crippen molar-refractivity contribution in [3.05, 3.63) is 51.1 Å². The van der Waals surface area contributed by atoms with Crippen LogP contribution >= 0.6 is 0 Å². The number of hydrogen-bond donors (Lipinski definition) is 1. The molecule has 1 spiro atoms. The number of pyridine rings is 1. The summed E-state index contributed by atoms with van der Waals surface area (Å²) in [7, 11) is 0. The molecule has 4 heterocycles. The van der Waals surface area contributed by atoms with Crippen LogP contribution in [0.5, 0.6) is 0 Å². The minimum Gasteiger partial charge on any atom is -0.376 e. The molecule has 0 radical (unpaired) electrons. The van der Waals surface area contributed by atoms with Crippen molar-refractivity contribution in [3.8, 4) is 0 Å². The van der Waals surface area contributed by atoms with Crippen LogP contribution in [0.15, 0.2) is 23.0 Å². The Hall–Kier alpha value is -2.58. The summed E-state index contributed by atoms with van der Waals surface area (Å²) in [6.45, 7) is 7.53. The van der Waals surface area contributed by atoms with E-state index in [0.717, 1.165) is 66.8 Å². The summed E-state index contributed by atoms with van der Waals surface area (Å²) in [4.78, 5) is 19.4. The van der Waals surface area contributed by atoms with Crippen LogP contribution in [0.3, 0.4) is 0 Å². The van der Waals surface area contributed by atoms with Crippen molar-refractivity contribution in [2.24, 2.45) is 5.41 Å². The topological polar surface area (TPSA) is 88.9 Å². The van der Waals surface area contributed by atoms with Crippen molar-refractivity contribution in [3.63, 3.8) is 0 Å². The van der Waals surface area contributed by atoms with Crippen LogP contribution in [0.4, 0.5) is 0 Å². The predicted molar refractivity (Wildman–Crippen MR) is 139 cm³/mol. The Morgan fingerprint density at radius 2 is 1.94 bits per heavy atom. The van der Waals surface area contributed by atoms with E-state index in [1.807, 2.05) is 4.68 Å². The number of aromatic nitrogens is 5. The Bertz CT molecular complexity index is 1280. The molecule has 2 aromatic heterocycles. The maximum Gasteiger partial charge on any atom is 0.253 e. The molecule has 1 aromatic carbocycles. The van der Waals surface area contributed by atoms with Crippen LogP contribution in [0.25, 0.3) is 10.9 Å². The smallest absolute Gasteiger partial charge is 0.253 e. The predicted octanol–water partition coefficient (Wildman–Crippen LogP) is 4.45. The summed E-state index contributed by atoms with van der Waals surface area (Å²) in [5.41, 5.74) is 4.23. The molecule has 0 unspecified atom stereocenters. The molecule has 3 aliphatic rings. The zero-order chi connectivity index (χ0) is 24.7. The highest BCUT2D eigenvalue weighted by Crippen LogP contribution is 2.45. The molecule has 1 saturated carbocycles. The zero-order valence-corrected chi connectivity index (χ0v) is 21.6. The summed E-state index contributed by atoms with van der Waals surface area (Å²) in [6, 6.07) is 6.09.